The fraction of sp³-hybridized carbons (Fsp3) is 0.467. The smallest absolute Gasteiger partial charge is 0.410 e. The van der Waals surface area contributed by atoms with Crippen molar-refractivity contribution in [3.8, 4) is 0 Å². The Labute approximate surface area is 113 Å². The van der Waals surface area contributed by atoms with Gasteiger partial charge in [-0.15, -0.1) is 0 Å². The highest BCUT2D eigenvalue weighted by molar-refractivity contribution is 5.82. The highest BCUT2D eigenvalue weighted by Gasteiger charge is 2.30. The van der Waals surface area contributed by atoms with Gasteiger partial charge in [0.2, 0.25) is 0 Å². The molecular formula is C15H19NO3. The molecule has 1 unspecified atom stereocenters. The van der Waals surface area contributed by atoms with Crippen molar-refractivity contribution >= 4 is 11.9 Å². The maximum absolute atomic E-state index is 12.0. The molecule has 0 radical (unpaired) electrons. The standard InChI is InChI=1S/C15H19NO3/c1-2-13-10-14(17)8-9-16(13)15(18)19-11-12-6-4-3-5-7-12/h3-7,13H,2,8-11H2,1H3. The molecule has 19 heavy (non-hydrogen) atoms. The Morgan fingerprint density at radius 3 is 2.79 bits per heavy atom. The van der Waals surface area contributed by atoms with E-state index in [-0.39, 0.29) is 24.5 Å². The first-order chi connectivity index (χ1) is 9.20. The summed E-state index contributed by atoms with van der Waals surface area (Å²) in [5.74, 6) is 0.235. The molecule has 1 saturated heterocycles. The third kappa shape index (κ3) is 3.56. The lowest BCUT2D eigenvalue weighted by atomic mass is 9.99. The predicted octanol–water partition coefficient (Wildman–Crippen LogP) is 2.77. The molecule has 4 nitrogen and oxygen atoms in total. The molecule has 1 atom stereocenters. The molecule has 1 fully saturated rings. The van der Waals surface area contributed by atoms with Crippen LogP contribution in [-0.4, -0.2) is 29.4 Å². The number of Topliss-reactive ketones (excluding diaryl/α,β-unsaturated/α-hetero) is 1. The van der Waals surface area contributed by atoms with Crippen LogP contribution in [0.1, 0.15) is 31.7 Å². The van der Waals surface area contributed by atoms with Gasteiger partial charge in [-0.25, -0.2) is 4.79 Å². The summed E-state index contributed by atoms with van der Waals surface area (Å²) in [5.41, 5.74) is 0.969. The predicted molar refractivity (Wildman–Crippen MR) is 71.7 cm³/mol. The van der Waals surface area contributed by atoms with Crippen LogP contribution in [-0.2, 0) is 16.1 Å². The summed E-state index contributed by atoms with van der Waals surface area (Å²) in [4.78, 5) is 25.1. The second kappa shape index (κ2) is 6.36. The highest BCUT2D eigenvalue weighted by Crippen LogP contribution is 2.18. The molecule has 0 aliphatic carbocycles. The van der Waals surface area contributed by atoms with Gasteiger partial charge < -0.3 is 9.64 Å². The van der Waals surface area contributed by atoms with E-state index in [1.165, 1.54) is 0 Å². The molecular weight excluding hydrogens is 242 g/mol. The van der Waals surface area contributed by atoms with Crippen LogP contribution < -0.4 is 0 Å². The second-order valence-corrected chi connectivity index (χ2v) is 4.79. The van der Waals surface area contributed by atoms with Crippen molar-refractivity contribution in [3.05, 3.63) is 35.9 Å². The first-order valence-corrected chi connectivity index (χ1v) is 6.69. The quantitative estimate of drug-likeness (QED) is 0.840. The Balaban J connectivity index is 1.90. The zero-order valence-corrected chi connectivity index (χ0v) is 11.2. The molecule has 1 heterocycles. The number of likely N-dealkylation sites (tertiary alicyclic amines) is 1. The summed E-state index contributed by atoms with van der Waals surface area (Å²) >= 11 is 0. The highest BCUT2D eigenvalue weighted by atomic mass is 16.6. The topological polar surface area (TPSA) is 46.6 Å². The van der Waals surface area contributed by atoms with Crippen molar-refractivity contribution in [2.45, 2.75) is 38.8 Å². The molecule has 0 N–H and O–H groups in total. The minimum absolute atomic E-state index is 0.00970. The van der Waals surface area contributed by atoms with Crippen molar-refractivity contribution in [3.63, 3.8) is 0 Å². The van der Waals surface area contributed by atoms with Crippen LogP contribution in [0.15, 0.2) is 30.3 Å². The van der Waals surface area contributed by atoms with E-state index in [1.54, 1.807) is 4.90 Å². The van der Waals surface area contributed by atoms with Crippen LogP contribution in [0.2, 0.25) is 0 Å². The zero-order chi connectivity index (χ0) is 13.7. The maximum Gasteiger partial charge on any atom is 0.410 e. The lowest BCUT2D eigenvalue weighted by molar-refractivity contribution is -0.122. The van der Waals surface area contributed by atoms with Crippen LogP contribution in [0.4, 0.5) is 4.79 Å². The third-order valence-corrected chi connectivity index (χ3v) is 3.45. The van der Waals surface area contributed by atoms with Gasteiger partial charge in [-0.2, -0.15) is 0 Å². The van der Waals surface area contributed by atoms with E-state index in [0.29, 0.717) is 19.4 Å². The van der Waals surface area contributed by atoms with Crippen LogP contribution in [0.3, 0.4) is 0 Å². The molecule has 1 amide bonds. The Bertz CT molecular complexity index is 444. The molecule has 0 bridgehead atoms. The van der Waals surface area contributed by atoms with Crippen molar-refractivity contribution in [2.75, 3.05) is 6.54 Å². The van der Waals surface area contributed by atoms with Crippen molar-refractivity contribution in [1.29, 1.82) is 0 Å². The number of rotatable bonds is 3. The molecule has 1 aromatic rings. The van der Waals surface area contributed by atoms with Gasteiger partial charge in [0.15, 0.2) is 0 Å². The Hall–Kier alpha value is -1.84. The summed E-state index contributed by atoms with van der Waals surface area (Å²) in [7, 11) is 0. The molecule has 0 saturated carbocycles. The van der Waals surface area contributed by atoms with Gasteiger partial charge in [0, 0.05) is 25.4 Å². The lowest BCUT2D eigenvalue weighted by Crippen LogP contribution is -2.46. The Kier molecular flexibility index (Phi) is 4.55. The minimum atomic E-state index is -0.316. The number of benzene rings is 1. The summed E-state index contributed by atoms with van der Waals surface area (Å²) in [6.07, 6.45) is 1.36. The number of amides is 1. The molecule has 4 heteroatoms. The van der Waals surface area contributed by atoms with Crippen LogP contribution in [0.5, 0.6) is 0 Å². The van der Waals surface area contributed by atoms with Gasteiger partial charge >= 0.3 is 6.09 Å². The van der Waals surface area contributed by atoms with Crippen molar-refractivity contribution in [1.82, 2.24) is 4.90 Å². The Morgan fingerprint density at radius 2 is 2.11 bits per heavy atom. The van der Waals surface area contributed by atoms with Gasteiger partial charge in [0.25, 0.3) is 0 Å². The van der Waals surface area contributed by atoms with E-state index >= 15 is 0 Å². The van der Waals surface area contributed by atoms with E-state index in [9.17, 15) is 9.59 Å². The zero-order valence-electron chi connectivity index (χ0n) is 11.2. The lowest BCUT2D eigenvalue weighted by Gasteiger charge is -2.33. The molecule has 2 rings (SSSR count). The van der Waals surface area contributed by atoms with Gasteiger partial charge in [0.1, 0.15) is 12.4 Å². The molecule has 0 aromatic heterocycles. The van der Waals surface area contributed by atoms with Gasteiger partial charge in [-0.05, 0) is 12.0 Å². The molecule has 0 spiro atoms. The second-order valence-electron chi connectivity index (χ2n) is 4.79. The van der Waals surface area contributed by atoms with Crippen LogP contribution in [0, 0.1) is 0 Å². The van der Waals surface area contributed by atoms with Gasteiger partial charge in [-0.1, -0.05) is 37.3 Å². The fourth-order valence-electron chi connectivity index (χ4n) is 2.31. The minimum Gasteiger partial charge on any atom is -0.445 e. The van der Waals surface area contributed by atoms with Crippen LogP contribution >= 0.6 is 0 Å². The normalized spacial score (nSPS) is 19.3. The average molecular weight is 261 g/mol. The number of piperidine rings is 1. The van der Waals surface area contributed by atoms with E-state index in [4.69, 9.17) is 4.74 Å². The summed E-state index contributed by atoms with van der Waals surface area (Å²) in [5, 5.41) is 0. The first kappa shape index (κ1) is 13.6. The maximum atomic E-state index is 12.0. The van der Waals surface area contributed by atoms with Crippen LogP contribution in [0.25, 0.3) is 0 Å². The average Bonchev–Trinajstić information content (AvgIpc) is 2.45. The van der Waals surface area contributed by atoms with E-state index < -0.39 is 0 Å². The third-order valence-electron chi connectivity index (χ3n) is 3.45. The van der Waals surface area contributed by atoms with Gasteiger partial charge in [-0.3, -0.25) is 4.79 Å². The fourth-order valence-corrected chi connectivity index (χ4v) is 2.31. The molecule has 1 aliphatic rings. The summed E-state index contributed by atoms with van der Waals surface area (Å²) in [6, 6.07) is 9.59. The number of hydrogen-bond donors (Lipinski definition) is 0. The summed E-state index contributed by atoms with van der Waals surface area (Å²) < 4.78 is 5.31. The van der Waals surface area contributed by atoms with Gasteiger partial charge in [0.05, 0.1) is 0 Å². The van der Waals surface area contributed by atoms with E-state index in [2.05, 4.69) is 0 Å². The first-order valence-electron chi connectivity index (χ1n) is 6.69. The Morgan fingerprint density at radius 1 is 1.37 bits per heavy atom. The number of ether oxygens (including phenoxy) is 1. The molecule has 102 valence electrons. The summed E-state index contributed by atoms with van der Waals surface area (Å²) in [6.45, 7) is 2.74. The molecule has 1 aliphatic heterocycles. The SMILES string of the molecule is CCC1CC(=O)CCN1C(=O)OCc1ccccc1. The number of ketones is 1. The number of hydrogen-bond acceptors (Lipinski definition) is 3. The largest absolute Gasteiger partial charge is 0.445 e. The monoisotopic (exact) mass is 261 g/mol. The number of carbonyl (C=O) groups excluding carboxylic acids is 2. The molecule has 1 aromatic carbocycles. The van der Waals surface area contributed by atoms with Crippen molar-refractivity contribution < 1.29 is 14.3 Å². The van der Waals surface area contributed by atoms with E-state index in [1.807, 2.05) is 37.3 Å². The van der Waals surface area contributed by atoms with Crippen molar-refractivity contribution in [2.24, 2.45) is 0 Å². The van der Waals surface area contributed by atoms with E-state index in [0.717, 1.165) is 12.0 Å². The number of carbonyl (C=O) groups is 2. The number of nitrogens with zero attached hydrogens (tertiary/aromatic N) is 1.